The summed E-state index contributed by atoms with van der Waals surface area (Å²) in [5.74, 6) is -3.55. The molecule has 6 atom stereocenters. The van der Waals surface area contributed by atoms with E-state index in [1.165, 1.54) is 21.0 Å². The molecular formula is C35H51N7O7. The van der Waals surface area contributed by atoms with Crippen molar-refractivity contribution in [2.24, 2.45) is 17.6 Å². The number of hydrogen-bond acceptors (Lipinski definition) is 8. The summed E-state index contributed by atoms with van der Waals surface area (Å²) in [7, 11) is 1.23. The molecule has 0 spiro atoms. The molecule has 0 fully saturated rings. The van der Waals surface area contributed by atoms with Crippen LogP contribution in [0.15, 0.2) is 60.7 Å². The minimum atomic E-state index is -1.14. The van der Waals surface area contributed by atoms with Gasteiger partial charge in [-0.3, -0.25) is 19.2 Å². The number of urea groups is 1. The monoisotopic (exact) mass is 681 g/mol. The van der Waals surface area contributed by atoms with Crippen LogP contribution >= 0.6 is 0 Å². The quantitative estimate of drug-likeness (QED) is 0.0940. The first kappa shape index (κ1) is 40.2. The molecule has 8 N–H and O–H groups in total. The zero-order valence-electron chi connectivity index (χ0n) is 29.2. The average Bonchev–Trinajstić information content (AvgIpc) is 3.05. The van der Waals surface area contributed by atoms with Gasteiger partial charge in [0.1, 0.15) is 30.3 Å². The van der Waals surface area contributed by atoms with Gasteiger partial charge in [-0.2, -0.15) is 0 Å². The lowest BCUT2D eigenvalue weighted by Gasteiger charge is -2.28. The fourth-order valence-electron chi connectivity index (χ4n) is 4.77. The standard InChI is InChI=1S/C35H51N7O7/c1-20(2)28(33(46)42-29(21(3)4)34(47)49-7)41-32(45)26(18-24-14-10-8-11-15-24)38-35(48)40-27(19-25-16-12-9-13-17-25)39-31(44)23(6)37-30(43)22(5)36/h8-17,20-23,26-29H,18-19,36H2,1-7H3,(H,37,43)(H,39,44)(H,41,45)(H,42,46)(H2,38,40,48)/t22-,23-,26+,27+,28-,29-/m0/s1. The van der Waals surface area contributed by atoms with Crippen LogP contribution in [0.4, 0.5) is 4.79 Å². The Morgan fingerprint density at radius 1 is 0.592 bits per heavy atom. The van der Waals surface area contributed by atoms with Crippen LogP contribution in [0.3, 0.4) is 0 Å². The van der Waals surface area contributed by atoms with Gasteiger partial charge in [-0.1, -0.05) is 88.4 Å². The number of benzene rings is 2. The normalized spacial score (nSPS) is 14.7. The third kappa shape index (κ3) is 13.6. The second-order valence-corrected chi connectivity index (χ2v) is 12.6. The highest BCUT2D eigenvalue weighted by Crippen LogP contribution is 2.10. The highest BCUT2D eigenvalue weighted by molar-refractivity contribution is 5.94. The van der Waals surface area contributed by atoms with Crippen LogP contribution < -0.4 is 37.6 Å². The Hall–Kier alpha value is -4.98. The molecule has 0 aliphatic rings. The molecule has 0 aromatic heterocycles. The summed E-state index contributed by atoms with van der Waals surface area (Å²) >= 11 is 0. The molecule has 0 unspecified atom stereocenters. The number of nitrogens with two attached hydrogens (primary N) is 1. The summed E-state index contributed by atoms with van der Waals surface area (Å²) < 4.78 is 4.83. The molecule has 14 nitrogen and oxygen atoms in total. The van der Waals surface area contributed by atoms with Gasteiger partial charge in [0.25, 0.3) is 0 Å². The van der Waals surface area contributed by atoms with Crippen molar-refractivity contribution < 1.29 is 33.5 Å². The van der Waals surface area contributed by atoms with E-state index in [-0.39, 0.29) is 24.7 Å². The predicted octanol–water partition coefficient (Wildman–Crippen LogP) is 0.888. The van der Waals surface area contributed by atoms with Crippen molar-refractivity contribution in [3.05, 3.63) is 71.8 Å². The van der Waals surface area contributed by atoms with Crippen molar-refractivity contribution in [1.82, 2.24) is 31.9 Å². The Morgan fingerprint density at radius 3 is 1.59 bits per heavy atom. The first-order valence-corrected chi connectivity index (χ1v) is 16.3. The van der Waals surface area contributed by atoms with Crippen molar-refractivity contribution >= 4 is 35.6 Å². The SMILES string of the molecule is COC(=O)[C@@H](NC(=O)[C@@H](NC(=O)[C@@H](Cc1ccccc1)NC(=O)N[C@H](Cc1ccccc1)NC(=O)[C@H](C)NC(=O)[C@H](C)N)C(C)C)C(C)C. The largest absolute Gasteiger partial charge is 0.467 e. The third-order valence-corrected chi connectivity index (χ3v) is 7.64. The summed E-state index contributed by atoms with van der Waals surface area (Å²) in [5, 5.41) is 16.1. The first-order chi connectivity index (χ1) is 23.1. The maximum absolute atomic E-state index is 13.8. The highest BCUT2D eigenvalue weighted by Gasteiger charge is 2.33. The fourth-order valence-corrected chi connectivity index (χ4v) is 4.77. The maximum Gasteiger partial charge on any atom is 0.328 e. The van der Waals surface area contributed by atoms with Crippen LogP contribution in [-0.2, 0) is 41.6 Å². The van der Waals surface area contributed by atoms with Crippen LogP contribution in [-0.4, -0.2) is 79.1 Å². The van der Waals surface area contributed by atoms with E-state index in [0.717, 1.165) is 11.1 Å². The Kier molecular flexibility index (Phi) is 16.2. The Balaban J connectivity index is 2.29. The fraction of sp³-hybridized carbons (Fsp3) is 0.486. The number of methoxy groups -OCH3 is 1. The summed E-state index contributed by atoms with van der Waals surface area (Å²) in [6.07, 6.45) is -0.666. The van der Waals surface area contributed by atoms with Crippen LogP contribution in [0, 0.1) is 11.8 Å². The van der Waals surface area contributed by atoms with E-state index in [1.54, 1.807) is 52.0 Å². The Bertz CT molecular complexity index is 1400. The molecule has 14 heteroatoms. The molecule has 0 bridgehead atoms. The molecule has 6 amide bonds. The van der Waals surface area contributed by atoms with Crippen LogP contribution in [0.2, 0.25) is 0 Å². The van der Waals surface area contributed by atoms with Gasteiger partial charge in [0.2, 0.25) is 23.6 Å². The minimum Gasteiger partial charge on any atom is -0.467 e. The smallest absolute Gasteiger partial charge is 0.328 e. The zero-order chi connectivity index (χ0) is 36.7. The van der Waals surface area contributed by atoms with Gasteiger partial charge < -0.3 is 42.4 Å². The molecule has 0 heterocycles. The van der Waals surface area contributed by atoms with Gasteiger partial charge in [-0.25, -0.2) is 9.59 Å². The number of esters is 1. The number of carbonyl (C=O) groups is 6. The van der Waals surface area contributed by atoms with E-state index >= 15 is 0 Å². The molecule has 2 rings (SSSR count). The Morgan fingerprint density at radius 2 is 1.10 bits per heavy atom. The second kappa shape index (κ2) is 19.7. The van der Waals surface area contributed by atoms with Crippen LogP contribution in [0.5, 0.6) is 0 Å². The zero-order valence-corrected chi connectivity index (χ0v) is 29.2. The van der Waals surface area contributed by atoms with E-state index in [4.69, 9.17) is 10.5 Å². The molecule has 0 saturated carbocycles. The first-order valence-electron chi connectivity index (χ1n) is 16.3. The summed E-state index contributed by atoms with van der Waals surface area (Å²) in [5.41, 5.74) is 7.16. The highest BCUT2D eigenvalue weighted by atomic mass is 16.5. The lowest BCUT2D eigenvalue weighted by Crippen LogP contribution is -2.61. The third-order valence-electron chi connectivity index (χ3n) is 7.64. The summed E-state index contributed by atoms with van der Waals surface area (Å²) in [4.78, 5) is 77.9. The summed E-state index contributed by atoms with van der Waals surface area (Å²) in [6, 6.07) is 12.5. The van der Waals surface area contributed by atoms with Crippen molar-refractivity contribution in [2.45, 2.75) is 90.8 Å². The molecule has 0 aliphatic carbocycles. The minimum absolute atomic E-state index is 0.0827. The van der Waals surface area contributed by atoms with Crippen LogP contribution in [0.25, 0.3) is 0 Å². The molecular weight excluding hydrogens is 630 g/mol. The van der Waals surface area contributed by atoms with Crippen molar-refractivity contribution in [3.63, 3.8) is 0 Å². The lowest BCUT2D eigenvalue weighted by molar-refractivity contribution is -0.146. The van der Waals surface area contributed by atoms with E-state index in [0.29, 0.717) is 0 Å². The lowest BCUT2D eigenvalue weighted by atomic mass is 9.99. The van der Waals surface area contributed by atoms with Crippen molar-refractivity contribution in [2.75, 3.05) is 7.11 Å². The van der Waals surface area contributed by atoms with Crippen LogP contribution in [0.1, 0.15) is 52.7 Å². The van der Waals surface area contributed by atoms with Gasteiger partial charge in [-0.15, -0.1) is 0 Å². The van der Waals surface area contributed by atoms with Crippen molar-refractivity contribution in [3.8, 4) is 0 Å². The topological polar surface area (TPSA) is 210 Å². The van der Waals surface area contributed by atoms with E-state index in [1.807, 2.05) is 36.4 Å². The van der Waals surface area contributed by atoms with E-state index in [9.17, 15) is 28.8 Å². The Labute approximate surface area is 288 Å². The molecule has 2 aromatic rings. The van der Waals surface area contributed by atoms with Gasteiger partial charge >= 0.3 is 12.0 Å². The van der Waals surface area contributed by atoms with Crippen molar-refractivity contribution in [1.29, 1.82) is 0 Å². The van der Waals surface area contributed by atoms with Gasteiger partial charge in [-0.05, 0) is 36.8 Å². The molecule has 0 radical (unpaired) electrons. The van der Waals surface area contributed by atoms with Gasteiger partial charge in [0, 0.05) is 12.8 Å². The number of rotatable bonds is 17. The second-order valence-electron chi connectivity index (χ2n) is 12.6. The average molecular weight is 682 g/mol. The number of nitrogens with one attached hydrogen (secondary N) is 6. The van der Waals surface area contributed by atoms with Gasteiger partial charge in [0.05, 0.1) is 13.2 Å². The van der Waals surface area contributed by atoms with Gasteiger partial charge in [0.15, 0.2) is 0 Å². The predicted molar refractivity (Wildman–Crippen MR) is 184 cm³/mol. The van der Waals surface area contributed by atoms with E-state index in [2.05, 4.69) is 31.9 Å². The molecule has 49 heavy (non-hydrogen) atoms. The maximum atomic E-state index is 13.8. The number of hydrogen-bond donors (Lipinski definition) is 7. The number of amides is 6. The molecule has 2 aromatic carbocycles. The number of ether oxygens (including phenoxy) is 1. The summed E-state index contributed by atoms with van der Waals surface area (Å²) in [6.45, 7) is 9.99. The molecule has 0 aliphatic heterocycles. The molecule has 268 valence electrons. The molecule has 0 saturated heterocycles. The number of carbonyl (C=O) groups excluding carboxylic acids is 6. The van der Waals surface area contributed by atoms with E-state index < -0.39 is 72.0 Å².